The van der Waals surface area contributed by atoms with Gasteiger partial charge in [-0.15, -0.1) is 0 Å². The van der Waals surface area contributed by atoms with E-state index in [-0.39, 0.29) is 23.9 Å². The number of nitrogens with zero attached hydrogens (tertiary/aromatic N) is 5. The van der Waals surface area contributed by atoms with E-state index < -0.39 is 5.41 Å². The van der Waals surface area contributed by atoms with Crippen LogP contribution in [0.1, 0.15) is 13.8 Å². The number of fused-ring (bicyclic) bond motifs is 1. The highest BCUT2D eigenvalue weighted by molar-refractivity contribution is 6.34. The lowest BCUT2D eigenvalue weighted by Gasteiger charge is -2.36. The predicted molar refractivity (Wildman–Crippen MR) is 133 cm³/mol. The molecule has 2 heterocycles. The van der Waals surface area contributed by atoms with Crippen molar-refractivity contribution in [2.45, 2.75) is 13.8 Å². The quantitative estimate of drug-likeness (QED) is 0.423. The van der Waals surface area contributed by atoms with Crippen molar-refractivity contribution >= 4 is 34.2 Å². The Morgan fingerprint density at radius 3 is 2.57 bits per heavy atom. The third-order valence-corrected chi connectivity index (χ3v) is 6.34. The van der Waals surface area contributed by atoms with Crippen LogP contribution in [-0.2, 0) is 4.79 Å². The van der Waals surface area contributed by atoms with Crippen molar-refractivity contribution in [2.75, 3.05) is 37.7 Å². The number of carbonyl (C=O) groups excluding carboxylic acids is 1. The number of aromatic nitrogens is 2. The van der Waals surface area contributed by atoms with E-state index >= 15 is 0 Å². The molecule has 9 heteroatoms. The fourth-order valence-electron chi connectivity index (χ4n) is 4.07. The van der Waals surface area contributed by atoms with E-state index in [0.29, 0.717) is 53.7 Å². The van der Waals surface area contributed by atoms with Gasteiger partial charge in [-0.25, -0.2) is 14.4 Å². The first kappa shape index (κ1) is 24.6. The average molecular weight is 494 g/mol. The highest BCUT2D eigenvalue weighted by atomic mass is 35.5. The molecular formula is C26H25ClFN5O2. The van der Waals surface area contributed by atoms with E-state index in [2.05, 4.69) is 9.97 Å². The van der Waals surface area contributed by atoms with Crippen LogP contribution in [0.5, 0.6) is 0 Å². The summed E-state index contributed by atoms with van der Waals surface area (Å²) in [4.78, 5) is 25.4. The summed E-state index contributed by atoms with van der Waals surface area (Å²) in [5.74, 6) is -0.0303. The number of amides is 1. The van der Waals surface area contributed by atoms with Crippen LogP contribution in [0.4, 0.5) is 10.2 Å². The summed E-state index contributed by atoms with van der Waals surface area (Å²) in [6.45, 7) is 5.19. The number of hydrogen-bond acceptors (Lipinski definition) is 6. The highest BCUT2D eigenvalue weighted by Gasteiger charge is 2.27. The van der Waals surface area contributed by atoms with Crippen LogP contribution in [0.25, 0.3) is 22.0 Å². The summed E-state index contributed by atoms with van der Waals surface area (Å²) in [6.07, 6.45) is 2.98. The van der Waals surface area contributed by atoms with Crippen LogP contribution in [0.2, 0.25) is 5.02 Å². The number of benzene rings is 2. The van der Waals surface area contributed by atoms with E-state index in [9.17, 15) is 19.6 Å². The molecule has 1 aliphatic heterocycles. The van der Waals surface area contributed by atoms with Crippen molar-refractivity contribution in [3.8, 4) is 17.2 Å². The third-order valence-electron chi connectivity index (χ3n) is 6.03. The number of aliphatic hydroxyl groups is 1. The Hall–Kier alpha value is -3.54. The molecule has 3 aromatic rings. The minimum absolute atomic E-state index is 0.0254. The summed E-state index contributed by atoms with van der Waals surface area (Å²) in [6, 6.07) is 11.9. The SMILES string of the molecule is CC(C)(C=C(C#N)C(=O)N1CCN(c2ncnc3cc(-c4ccccc4F)c(Cl)cc23)CC1)CO. The minimum atomic E-state index is -0.663. The summed E-state index contributed by atoms with van der Waals surface area (Å²) in [5.41, 5.74) is 0.953. The molecule has 0 unspecified atom stereocenters. The number of rotatable bonds is 5. The number of anilines is 1. The van der Waals surface area contributed by atoms with Crippen LogP contribution in [0, 0.1) is 22.6 Å². The number of nitriles is 1. The number of carbonyl (C=O) groups is 1. The molecule has 0 bridgehead atoms. The van der Waals surface area contributed by atoms with Crippen molar-refractivity contribution in [1.82, 2.24) is 14.9 Å². The van der Waals surface area contributed by atoms with Gasteiger partial charge in [0, 0.05) is 53.1 Å². The number of aliphatic hydroxyl groups excluding tert-OH is 1. The molecule has 7 nitrogen and oxygen atoms in total. The Balaban J connectivity index is 1.57. The first-order chi connectivity index (χ1) is 16.7. The molecular weight excluding hydrogens is 469 g/mol. The number of piperazine rings is 1. The van der Waals surface area contributed by atoms with Gasteiger partial charge in [0.25, 0.3) is 5.91 Å². The van der Waals surface area contributed by atoms with Gasteiger partial charge < -0.3 is 14.9 Å². The molecule has 1 N–H and O–H groups in total. The summed E-state index contributed by atoms with van der Waals surface area (Å²) >= 11 is 6.55. The highest BCUT2D eigenvalue weighted by Crippen LogP contribution is 2.35. The fourth-order valence-corrected chi connectivity index (χ4v) is 4.34. The second-order valence-electron chi connectivity index (χ2n) is 9.12. The van der Waals surface area contributed by atoms with Gasteiger partial charge in [0.2, 0.25) is 0 Å². The average Bonchev–Trinajstić information content (AvgIpc) is 2.87. The van der Waals surface area contributed by atoms with Crippen molar-refractivity contribution in [2.24, 2.45) is 5.41 Å². The molecule has 180 valence electrons. The van der Waals surface area contributed by atoms with Crippen molar-refractivity contribution in [3.05, 3.63) is 65.2 Å². The molecule has 1 fully saturated rings. The van der Waals surface area contributed by atoms with Crippen LogP contribution in [0.15, 0.2) is 54.4 Å². The lowest BCUT2D eigenvalue weighted by atomic mass is 9.91. The molecule has 4 rings (SSSR count). The maximum Gasteiger partial charge on any atom is 0.264 e. The molecule has 35 heavy (non-hydrogen) atoms. The molecule has 2 aromatic carbocycles. The largest absolute Gasteiger partial charge is 0.395 e. The van der Waals surface area contributed by atoms with E-state index in [4.69, 9.17) is 11.6 Å². The predicted octanol–water partition coefficient (Wildman–Crippen LogP) is 4.21. The van der Waals surface area contributed by atoms with Gasteiger partial charge in [-0.2, -0.15) is 5.26 Å². The van der Waals surface area contributed by atoms with Crippen LogP contribution < -0.4 is 4.90 Å². The smallest absolute Gasteiger partial charge is 0.264 e. The van der Waals surface area contributed by atoms with E-state index in [0.717, 1.165) is 5.39 Å². The zero-order chi connectivity index (χ0) is 25.2. The van der Waals surface area contributed by atoms with Crippen LogP contribution in [-0.4, -0.2) is 58.7 Å². The molecule has 0 aliphatic carbocycles. The molecule has 0 spiro atoms. The van der Waals surface area contributed by atoms with E-state index in [1.54, 1.807) is 49.1 Å². The monoisotopic (exact) mass is 493 g/mol. The second-order valence-corrected chi connectivity index (χ2v) is 9.53. The first-order valence-corrected chi connectivity index (χ1v) is 11.6. The number of hydrogen-bond donors (Lipinski definition) is 1. The Morgan fingerprint density at radius 1 is 1.20 bits per heavy atom. The minimum Gasteiger partial charge on any atom is -0.395 e. The van der Waals surface area contributed by atoms with Crippen molar-refractivity contribution in [1.29, 1.82) is 5.26 Å². The summed E-state index contributed by atoms with van der Waals surface area (Å²) in [5, 5.41) is 20.1. The molecule has 1 aromatic heterocycles. The van der Waals surface area contributed by atoms with E-state index in [1.807, 2.05) is 11.0 Å². The summed E-state index contributed by atoms with van der Waals surface area (Å²) < 4.78 is 14.4. The van der Waals surface area contributed by atoms with E-state index in [1.165, 1.54) is 18.5 Å². The Labute approximate surface area is 208 Å². The number of halogens is 2. The van der Waals surface area contributed by atoms with Crippen molar-refractivity contribution in [3.63, 3.8) is 0 Å². The van der Waals surface area contributed by atoms with Gasteiger partial charge in [0.05, 0.1) is 12.1 Å². The van der Waals surface area contributed by atoms with Gasteiger partial charge >= 0.3 is 0 Å². The van der Waals surface area contributed by atoms with Crippen molar-refractivity contribution < 1.29 is 14.3 Å². The Morgan fingerprint density at radius 2 is 1.91 bits per heavy atom. The summed E-state index contributed by atoms with van der Waals surface area (Å²) in [7, 11) is 0. The van der Waals surface area contributed by atoms with Gasteiger partial charge in [-0.1, -0.05) is 49.7 Å². The zero-order valence-corrected chi connectivity index (χ0v) is 20.3. The van der Waals surface area contributed by atoms with Gasteiger partial charge in [0.1, 0.15) is 29.6 Å². The maximum absolute atomic E-state index is 14.4. The fraction of sp³-hybridized carbons (Fsp3) is 0.308. The molecule has 0 saturated carbocycles. The lowest BCUT2D eigenvalue weighted by molar-refractivity contribution is -0.127. The van der Waals surface area contributed by atoms with Crippen LogP contribution in [0.3, 0.4) is 0 Å². The molecule has 1 saturated heterocycles. The van der Waals surface area contributed by atoms with Gasteiger partial charge in [-0.05, 0) is 18.2 Å². The van der Waals surface area contributed by atoms with Gasteiger partial charge in [-0.3, -0.25) is 4.79 Å². The first-order valence-electron chi connectivity index (χ1n) is 11.2. The topological polar surface area (TPSA) is 93.4 Å². The Kier molecular flexibility index (Phi) is 7.01. The van der Waals surface area contributed by atoms with Gasteiger partial charge in [0.15, 0.2) is 0 Å². The zero-order valence-electron chi connectivity index (χ0n) is 19.5. The Bertz CT molecular complexity index is 1340. The maximum atomic E-state index is 14.4. The standard InChI is InChI=1S/C26H25ClFN5O2/c1-26(2,15-34)13-17(14-29)25(35)33-9-7-32(8-10-33)24-20-11-21(27)19(12-23(20)30-16-31-24)18-5-3-4-6-22(18)28/h3-6,11-13,16,34H,7-10,15H2,1-2H3. The second kappa shape index (κ2) is 9.98. The third kappa shape index (κ3) is 5.11. The molecule has 1 aliphatic rings. The van der Waals surface area contributed by atoms with Crippen LogP contribution >= 0.6 is 11.6 Å². The molecule has 1 amide bonds. The normalized spacial score (nSPS) is 14.8. The lowest BCUT2D eigenvalue weighted by Crippen LogP contribution is -2.49. The molecule has 0 radical (unpaired) electrons. The molecule has 0 atom stereocenters.